The Morgan fingerprint density at radius 1 is 1.44 bits per heavy atom. The molecule has 2 rings (SSSR count). The first-order valence-corrected chi connectivity index (χ1v) is 5.44. The van der Waals surface area contributed by atoms with Crippen molar-refractivity contribution < 1.29 is 14.6 Å². The molecular weight excluding hydrogens is 256 g/mol. The molecule has 0 aliphatic rings. The first kappa shape index (κ1) is 14.2. The van der Waals surface area contributed by atoms with Crippen LogP contribution in [0.25, 0.3) is 10.9 Å². The Morgan fingerprint density at radius 2 is 2.11 bits per heavy atom. The van der Waals surface area contributed by atoms with E-state index >= 15 is 0 Å². The number of carboxylic acid groups (broad SMARTS) is 1. The molecule has 0 bridgehead atoms. The molecule has 0 radical (unpaired) electrons. The predicted octanol–water partition coefficient (Wildman–Crippen LogP) is 2.17. The molecule has 0 amide bonds. The molecule has 5 nitrogen and oxygen atoms in total. The van der Waals surface area contributed by atoms with E-state index in [1.165, 1.54) is 20.2 Å². The molecule has 1 aromatic heterocycles. The first-order valence-electron chi connectivity index (χ1n) is 5.06. The Hall–Kier alpha value is -1.85. The van der Waals surface area contributed by atoms with Crippen molar-refractivity contribution in [2.75, 3.05) is 14.2 Å². The zero-order valence-electron chi connectivity index (χ0n) is 9.98. The second-order valence-corrected chi connectivity index (χ2v) is 3.57. The number of benzene rings is 1. The second-order valence-electron chi connectivity index (χ2n) is 3.17. The maximum atomic E-state index is 11.0. The van der Waals surface area contributed by atoms with Gasteiger partial charge in [-0.2, -0.15) is 0 Å². The van der Waals surface area contributed by atoms with Gasteiger partial charge in [0.1, 0.15) is 11.3 Å². The van der Waals surface area contributed by atoms with Crippen LogP contribution in [0.15, 0.2) is 24.4 Å². The summed E-state index contributed by atoms with van der Waals surface area (Å²) in [7, 11) is 2.91. The Kier molecular flexibility index (Phi) is 4.88. The summed E-state index contributed by atoms with van der Waals surface area (Å²) in [6.45, 7) is 0. The maximum Gasteiger partial charge on any atom is 0.339 e. The van der Waals surface area contributed by atoms with Crippen LogP contribution >= 0.6 is 11.6 Å². The van der Waals surface area contributed by atoms with E-state index in [0.717, 1.165) is 0 Å². The van der Waals surface area contributed by atoms with Gasteiger partial charge in [0.05, 0.1) is 17.6 Å². The molecule has 0 spiro atoms. The van der Waals surface area contributed by atoms with Crippen molar-refractivity contribution >= 4 is 28.5 Å². The van der Waals surface area contributed by atoms with E-state index < -0.39 is 5.97 Å². The fourth-order valence-corrected chi connectivity index (χ4v) is 1.68. The van der Waals surface area contributed by atoms with E-state index in [1.807, 2.05) is 0 Å². The zero-order valence-corrected chi connectivity index (χ0v) is 10.7. The summed E-state index contributed by atoms with van der Waals surface area (Å²) >= 11 is 5.96. The van der Waals surface area contributed by atoms with Crippen LogP contribution in [0, 0.1) is 0 Å². The quantitative estimate of drug-likeness (QED) is 0.872. The van der Waals surface area contributed by atoms with Crippen LogP contribution in [0.4, 0.5) is 0 Å². The smallest absolute Gasteiger partial charge is 0.339 e. The molecule has 0 saturated carbocycles. The zero-order chi connectivity index (χ0) is 13.7. The summed E-state index contributed by atoms with van der Waals surface area (Å²) in [6.07, 6.45) is 1.56. The van der Waals surface area contributed by atoms with E-state index in [1.54, 1.807) is 18.3 Å². The van der Waals surface area contributed by atoms with E-state index in [-0.39, 0.29) is 11.3 Å². The molecule has 3 N–H and O–H groups in total. The molecule has 0 atom stereocenters. The minimum atomic E-state index is -1.06. The van der Waals surface area contributed by atoms with Gasteiger partial charge in [0.25, 0.3) is 0 Å². The van der Waals surface area contributed by atoms with E-state index in [4.69, 9.17) is 21.4 Å². The fourth-order valence-electron chi connectivity index (χ4n) is 1.48. The highest BCUT2D eigenvalue weighted by molar-refractivity contribution is 6.35. The largest absolute Gasteiger partial charge is 0.496 e. The molecule has 0 unspecified atom stereocenters. The number of ether oxygens (including phenoxy) is 1. The highest BCUT2D eigenvalue weighted by Gasteiger charge is 2.13. The number of carboxylic acids is 1. The number of aromatic nitrogens is 1. The summed E-state index contributed by atoms with van der Waals surface area (Å²) in [5.41, 5.74) is 5.18. The van der Waals surface area contributed by atoms with Crippen LogP contribution < -0.4 is 10.5 Å². The lowest BCUT2D eigenvalue weighted by molar-refractivity contribution is 0.0693. The third-order valence-corrected chi connectivity index (χ3v) is 2.57. The first-order chi connectivity index (χ1) is 8.63. The molecule has 2 aromatic rings. The van der Waals surface area contributed by atoms with Crippen LogP contribution in [0.5, 0.6) is 5.75 Å². The van der Waals surface area contributed by atoms with Crippen LogP contribution in [-0.2, 0) is 0 Å². The molecule has 96 valence electrons. The summed E-state index contributed by atoms with van der Waals surface area (Å²) in [5, 5.41) is 10.1. The number of methoxy groups -OCH3 is 1. The summed E-state index contributed by atoms with van der Waals surface area (Å²) in [5.74, 6) is -0.784. The minimum Gasteiger partial charge on any atom is -0.496 e. The van der Waals surface area contributed by atoms with Crippen molar-refractivity contribution in [3.05, 3.63) is 35.0 Å². The highest BCUT2D eigenvalue weighted by Crippen LogP contribution is 2.28. The minimum absolute atomic E-state index is 0.0740. The van der Waals surface area contributed by atoms with Gasteiger partial charge in [-0.15, -0.1) is 0 Å². The Bertz CT molecular complexity index is 572. The molecule has 1 heterocycles. The molecule has 0 fully saturated rings. The van der Waals surface area contributed by atoms with Gasteiger partial charge in [-0.1, -0.05) is 11.6 Å². The number of hydrogen-bond donors (Lipinski definition) is 2. The average molecular weight is 269 g/mol. The number of aromatic carboxylic acids is 1. The summed E-state index contributed by atoms with van der Waals surface area (Å²) in [4.78, 5) is 15.1. The number of rotatable bonds is 2. The summed E-state index contributed by atoms with van der Waals surface area (Å²) in [6, 6.07) is 4.64. The third-order valence-electron chi connectivity index (χ3n) is 2.24. The molecule has 0 aliphatic carbocycles. The van der Waals surface area contributed by atoms with Gasteiger partial charge in [0.15, 0.2) is 0 Å². The van der Waals surface area contributed by atoms with Crippen LogP contribution in [-0.4, -0.2) is 30.2 Å². The van der Waals surface area contributed by atoms with Crippen LogP contribution in [0.3, 0.4) is 0 Å². The predicted molar refractivity (Wildman–Crippen MR) is 70.4 cm³/mol. The molecule has 0 aliphatic heterocycles. The van der Waals surface area contributed by atoms with Gasteiger partial charge in [-0.05, 0) is 19.2 Å². The van der Waals surface area contributed by atoms with Gasteiger partial charge in [-0.25, -0.2) is 4.79 Å². The molecule has 0 saturated heterocycles. The van der Waals surface area contributed by atoms with Gasteiger partial charge in [0, 0.05) is 17.6 Å². The Balaban J connectivity index is 0.000000771. The lowest BCUT2D eigenvalue weighted by Gasteiger charge is -2.07. The Morgan fingerprint density at radius 3 is 2.67 bits per heavy atom. The van der Waals surface area contributed by atoms with Crippen molar-refractivity contribution in [2.24, 2.45) is 5.73 Å². The van der Waals surface area contributed by atoms with Crippen LogP contribution in [0.1, 0.15) is 10.4 Å². The number of nitrogens with two attached hydrogens (primary N) is 1. The van der Waals surface area contributed by atoms with Crippen molar-refractivity contribution in [3.8, 4) is 5.75 Å². The SMILES string of the molecule is CN.COc1cc2nccc(Cl)c2cc1C(=O)O. The molecular formula is C12H13ClN2O3. The van der Waals surface area contributed by atoms with Gasteiger partial charge in [-0.3, -0.25) is 4.98 Å². The van der Waals surface area contributed by atoms with E-state index in [2.05, 4.69) is 10.7 Å². The topological polar surface area (TPSA) is 85.4 Å². The molecule has 1 aromatic carbocycles. The van der Waals surface area contributed by atoms with Gasteiger partial charge >= 0.3 is 5.97 Å². The second kappa shape index (κ2) is 6.18. The number of carbonyl (C=O) groups is 1. The van der Waals surface area contributed by atoms with E-state index in [0.29, 0.717) is 15.9 Å². The van der Waals surface area contributed by atoms with Crippen molar-refractivity contribution in [1.82, 2.24) is 4.98 Å². The Labute approximate surface area is 109 Å². The standard InChI is InChI=1S/C11H8ClNO3.CH5N/c1-16-10-5-9-6(4-7(10)11(14)15)8(12)2-3-13-9;1-2/h2-5H,1H3,(H,14,15);2H2,1H3. The monoisotopic (exact) mass is 268 g/mol. The number of hydrogen-bond acceptors (Lipinski definition) is 4. The normalized spacial score (nSPS) is 9.56. The van der Waals surface area contributed by atoms with Crippen LogP contribution in [0.2, 0.25) is 5.02 Å². The van der Waals surface area contributed by atoms with E-state index in [9.17, 15) is 4.79 Å². The van der Waals surface area contributed by atoms with Crippen molar-refractivity contribution in [1.29, 1.82) is 0 Å². The average Bonchev–Trinajstić information content (AvgIpc) is 2.40. The maximum absolute atomic E-state index is 11.0. The lowest BCUT2D eigenvalue weighted by atomic mass is 10.1. The molecule has 6 heteroatoms. The summed E-state index contributed by atoms with van der Waals surface area (Å²) < 4.78 is 4.99. The highest BCUT2D eigenvalue weighted by atomic mass is 35.5. The number of pyridine rings is 1. The van der Waals surface area contributed by atoms with Gasteiger partial charge < -0.3 is 15.6 Å². The van der Waals surface area contributed by atoms with Crippen molar-refractivity contribution in [3.63, 3.8) is 0 Å². The van der Waals surface area contributed by atoms with Gasteiger partial charge in [0.2, 0.25) is 0 Å². The number of nitrogens with zero attached hydrogens (tertiary/aromatic N) is 1. The lowest BCUT2D eigenvalue weighted by Crippen LogP contribution is -2.00. The third kappa shape index (κ3) is 2.69. The number of halogens is 1. The fraction of sp³-hybridized carbons (Fsp3) is 0.167. The number of fused-ring (bicyclic) bond motifs is 1. The molecule has 18 heavy (non-hydrogen) atoms. The van der Waals surface area contributed by atoms with Crippen molar-refractivity contribution in [2.45, 2.75) is 0 Å².